The Morgan fingerprint density at radius 2 is 0.966 bits per heavy atom. The molecule has 1 aromatic carbocycles. The van der Waals surface area contributed by atoms with Crippen molar-refractivity contribution in [1.82, 2.24) is 0 Å². The minimum absolute atomic E-state index is 0.167. The van der Waals surface area contributed by atoms with Crippen molar-refractivity contribution < 1.29 is 0 Å². The summed E-state index contributed by atoms with van der Waals surface area (Å²) in [5, 5.41) is 1.62. The molecule has 0 amide bonds. The fourth-order valence-corrected chi connectivity index (χ4v) is 16.0. The summed E-state index contributed by atoms with van der Waals surface area (Å²) >= 11 is 0. The van der Waals surface area contributed by atoms with Gasteiger partial charge < -0.3 is 0 Å². The molecule has 8 aliphatic carbocycles. The summed E-state index contributed by atoms with van der Waals surface area (Å²) in [6.45, 7) is 0. The molecular formula is C28H39P. The van der Waals surface area contributed by atoms with Crippen LogP contribution in [0.4, 0.5) is 0 Å². The van der Waals surface area contributed by atoms with Crippen LogP contribution in [-0.4, -0.2) is 16.5 Å². The lowest BCUT2D eigenvalue weighted by Crippen LogP contribution is -2.57. The molecule has 0 saturated heterocycles. The molecule has 8 fully saturated rings. The van der Waals surface area contributed by atoms with Gasteiger partial charge in [0.1, 0.15) is 0 Å². The minimum Gasteiger partial charge on any atom is -0.0936 e. The molecular weight excluding hydrogens is 367 g/mol. The van der Waals surface area contributed by atoms with Gasteiger partial charge in [0.05, 0.1) is 0 Å². The fourth-order valence-electron chi connectivity index (χ4n) is 10.7. The number of benzene rings is 1. The van der Waals surface area contributed by atoms with Crippen molar-refractivity contribution in [3.05, 3.63) is 35.9 Å². The average Bonchev–Trinajstić information content (AvgIpc) is 2.66. The number of rotatable bonds is 5. The molecule has 0 spiro atoms. The lowest BCUT2D eigenvalue weighted by atomic mass is 9.55. The highest BCUT2D eigenvalue weighted by atomic mass is 31.1. The molecule has 29 heavy (non-hydrogen) atoms. The van der Waals surface area contributed by atoms with E-state index in [2.05, 4.69) is 30.3 Å². The summed E-state index contributed by atoms with van der Waals surface area (Å²) in [6.07, 6.45) is 22.5. The molecule has 0 heterocycles. The monoisotopic (exact) mass is 406 g/mol. The second-order valence-corrected chi connectivity index (χ2v) is 15.9. The van der Waals surface area contributed by atoms with Crippen molar-refractivity contribution in [2.75, 3.05) is 6.16 Å². The third-order valence-corrected chi connectivity index (χ3v) is 14.7. The highest BCUT2D eigenvalue weighted by Gasteiger charge is 2.62. The SMILES string of the molecule is c1ccc(CCP(C23CC4CC(CC(C4)C2)C3)C23CC4CC(CC(C4)C2)C3)cc1. The van der Waals surface area contributed by atoms with Crippen LogP contribution in [0.1, 0.15) is 82.6 Å². The van der Waals surface area contributed by atoms with Crippen LogP contribution >= 0.6 is 7.92 Å². The molecule has 1 heteroatoms. The summed E-state index contributed by atoms with van der Waals surface area (Å²) in [6, 6.07) is 11.6. The zero-order chi connectivity index (χ0) is 19.1. The van der Waals surface area contributed by atoms with Gasteiger partial charge in [-0.05, 0) is 141 Å². The van der Waals surface area contributed by atoms with Gasteiger partial charge in [0.15, 0.2) is 0 Å². The lowest BCUT2D eigenvalue weighted by Gasteiger charge is -2.67. The van der Waals surface area contributed by atoms with Crippen molar-refractivity contribution in [1.29, 1.82) is 0 Å². The third kappa shape index (κ3) is 2.94. The van der Waals surface area contributed by atoms with Crippen LogP contribution in [0.15, 0.2) is 30.3 Å². The zero-order valence-corrected chi connectivity index (χ0v) is 19.1. The molecule has 8 bridgehead atoms. The molecule has 9 rings (SSSR count). The molecule has 8 aliphatic rings. The van der Waals surface area contributed by atoms with E-state index in [-0.39, 0.29) is 7.92 Å². The molecule has 156 valence electrons. The van der Waals surface area contributed by atoms with E-state index < -0.39 is 0 Å². The number of hydrogen-bond donors (Lipinski definition) is 0. The topological polar surface area (TPSA) is 0 Å². The van der Waals surface area contributed by atoms with Crippen LogP contribution in [0.5, 0.6) is 0 Å². The lowest BCUT2D eigenvalue weighted by molar-refractivity contribution is 0.0185. The maximum absolute atomic E-state index is 2.41. The first-order valence-corrected chi connectivity index (χ1v) is 14.5. The van der Waals surface area contributed by atoms with Crippen molar-refractivity contribution in [2.45, 2.75) is 93.8 Å². The second-order valence-electron chi connectivity index (χ2n) is 12.7. The van der Waals surface area contributed by atoms with E-state index in [0.717, 1.165) is 45.8 Å². The van der Waals surface area contributed by atoms with E-state index in [9.17, 15) is 0 Å². The van der Waals surface area contributed by atoms with E-state index in [1.54, 1.807) is 88.8 Å². The van der Waals surface area contributed by atoms with Crippen LogP contribution in [0.25, 0.3) is 0 Å². The van der Waals surface area contributed by atoms with Crippen LogP contribution in [0.3, 0.4) is 0 Å². The first-order valence-electron chi connectivity index (χ1n) is 13.0. The molecule has 1 aromatic rings. The Bertz CT molecular complexity index is 649. The first-order chi connectivity index (χ1) is 14.2. The predicted molar refractivity (Wildman–Crippen MR) is 124 cm³/mol. The minimum atomic E-state index is 0.167. The van der Waals surface area contributed by atoms with E-state index in [0.29, 0.717) is 0 Å². The van der Waals surface area contributed by atoms with Crippen LogP contribution < -0.4 is 0 Å². The van der Waals surface area contributed by atoms with Gasteiger partial charge in [-0.15, -0.1) is 0 Å². The summed E-state index contributed by atoms with van der Waals surface area (Å²) < 4.78 is 0. The van der Waals surface area contributed by atoms with Crippen LogP contribution in [0, 0.1) is 35.5 Å². The Kier molecular flexibility index (Phi) is 4.14. The van der Waals surface area contributed by atoms with E-state index in [4.69, 9.17) is 0 Å². The molecule has 8 saturated carbocycles. The highest BCUT2D eigenvalue weighted by Crippen LogP contribution is 2.78. The Morgan fingerprint density at radius 1 is 0.586 bits per heavy atom. The van der Waals surface area contributed by atoms with Gasteiger partial charge in [0.2, 0.25) is 0 Å². The molecule has 0 aromatic heterocycles. The predicted octanol–water partition coefficient (Wildman–Crippen LogP) is 7.65. The van der Waals surface area contributed by atoms with Crippen LogP contribution in [0.2, 0.25) is 0 Å². The summed E-state index contributed by atoms with van der Waals surface area (Å²) in [5.41, 5.74) is 1.62. The molecule has 0 atom stereocenters. The normalized spacial score (nSPS) is 50.2. The van der Waals surface area contributed by atoms with E-state index >= 15 is 0 Å². The maximum atomic E-state index is 2.41. The van der Waals surface area contributed by atoms with Gasteiger partial charge in [-0.1, -0.05) is 38.3 Å². The zero-order valence-electron chi connectivity index (χ0n) is 18.2. The van der Waals surface area contributed by atoms with E-state index in [1.165, 1.54) is 6.42 Å². The summed E-state index contributed by atoms with van der Waals surface area (Å²) in [7, 11) is 0.167. The summed E-state index contributed by atoms with van der Waals surface area (Å²) in [5.74, 6) is 6.73. The van der Waals surface area contributed by atoms with Gasteiger partial charge in [-0.3, -0.25) is 0 Å². The summed E-state index contributed by atoms with van der Waals surface area (Å²) in [4.78, 5) is 0. The average molecular weight is 407 g/mol. The maximum Gasteiger partial charge on any atom is -0.00814 e. The number of aryl methyl sites for hydroxylation is 1. The van der Waals surface area contributed by atoms with Gasteiger partial charge in [0, 0.05) is 0 Å². The van der Waals surface area contributed by atoms with Crippen molar-refractivity contribution in [3.63, 3.8) is 0 Å². The van der Waals surface area contributed by atoms with E-state index in [1.807, 2.05) is 0 Å². The quantitative estimate of drug-likeness (QED) is 0.441. The molecule has 0 N–H and O–H groups in total. The third-order valence-electron chi connectivity index (χ3n) is 10.6. The molecule has 0 aliphatic heterocycles. The Balaban J connectivity index is 1.25. The van der Waals surface area contributed by atoms with Crippen molar-refractivity contribution >= 4 is 7.92 Å². The molecule has 0 unspecified atom stereocenters. The van der Waals surface area contributed by atoms with Crippen molar-refractivity contribution in [2.24, 2.45) is 35.5 Å². The smallest absolute Gasteiger partial charge is 0.00814 e. The highest BCUT2D eigenvalue weighted by molar-refractivity contribution is 7.61. The number of hydrogen-bond acceptors (Lipinski definition) is 0. The van der Waals surface area contributed by atoms with Crippen LogP contribution in [-0.2, 0) is 6.42 Å². The standard InChI is InChI=1S/C28H39P/c1-2-4-20(5-3-1)6-7-29(27-14-21-8-22(15-27)10-23(9-21)16-27)28-17-24-11-25(18-28)13-26(12-24)19-28/h1-5,21-26H,6-19H2. The van der Waals surface area contributed by atoms with Gasteiger partial charge in [-0.25, -0.2) is 0 Å². The Morgan fingerprint density at radius 3 is 1.34 bits per heavy atom. The van der Waals surface area contributed by atoms with Crippen molar-refractivity contribution in [3.8, 4) is 0 Å². The molecule has 0 nitrogen and oxygen atoms in total. The largest absolute Gasteiger partial charge is 0.0936 e. The first kappa shape index (κ1) is 18.2. The van der Waals surface area contributed by atoms with Gasteiger partial charge in [0.25, 0.3) is 0 Å². The van der Waals surface area contributed by atoms with Gasteiger partial charge >= 0.3 is 0 Å². The Hall–Kier alpha value is -0.350. The second kappa shape index (κ2) is 6.58. The Labute approximate surface area is 179 Å². The fraction of sp³-hybridized carbons (Fsp3) is 0.786. The molecule has 0 radical (unpaired) electrons. The van der Waals surface area contributed by atoms with Gasteiger partial charge in [-0.2, -0.15) is 0 Å².